The summed E-state index contributed by atoms with van der Waals surface area (Å²) in [5.74, 6) is -2.11. The molecule has 1 saturated heterocycles. The number of likely N-dealkylation sites (tertiary alicyclic amines) is 1. The molecule has 0 aromatic carbocycles. The van der Waals surface area contributed by atoms with Crippen LogP contribution in [0.15, 0.2) is 0 Å². The Morgan fingerprint density at radius 2 is 1.81 bits per heavy atom. The number of nitrogens with one attached hydrogen (secondary N) is 1. The van der Waals surface area contributed by atoms with Gasteiger partial charge in [0, 0.05) is 13.6 Å². The van der Waals surface area contributed by atoms with Crippen molar-refractivity contribution >= 4 is 23.9 Å². The fourth-order valence-corrected chi connectivity index (χ4v) is 2.56. The van der Waals surface area contributed by atoms with E-state index >= 15 is 0 Å². The first-order valence-corrected chi connectivity index (χ1v) is 8.64. The van der Waals surface area contributed by atoms with Crippen molar-refractivity contribution in [1.82, 2.24) is 15.1 Å². The molecular weight excluding hydrogens is 342 g/mol. The lowest BCUT2D eigenvalue weighted by Gasteiger charge is -2.32. The largest absolute Gasteiger partial charge is 0.480 e. The lowest BCUT2D eigenvalue weighted by molar-refractivity contribution is -0.144. The summed E-state index contributed by atoms with van der Waals surface area (Å²) < 4.78 is 5.34. The standard InChI is InChI=1S/C17H29N3O6/c1-10(15(23)24)18-13(21)11(2)19(6)14(22)12-8-7-9-20(12)16(25)26-17(3,4)5/h10-12H,7-9H2,1-6H3,(H,18,21)(H,23,24)/t10-,11-,12-/m0/s1. The lowest BCUT2D eigenvalue weighted by atomic mass is 10.1. The molecule has 3 amide bonds. The molecule has 0 unspecified atom stereocenters. The van der Waals surface area contributed by atoms with Crippen LogP contribution in [-0.2, 0) is 19.1 Å². The summed E-state index contributed by atoms with van der Waals surface area (Å²) in [5.41, 5.74) is -0.667. The molecule has 1 heterocycles. The van der Waals surface area contributed by atoms with Crippen LogP contribution in [0, 0.1) is 0 Å². The van der Waals surface area contributed by atoms with Gasteiger partial charge in [-0.1, -0.05) is 0 Å². The Hall–Kier alpha value is -2.32. The lowest BCUT2D eigenvalue weighted by Crippen LogP contribution is -2.54. The minimum atomic E-state index is -1.16. The number of carboxylic acid groups (broad SMARTS) is 1. The average Bonchev–Trinajstić information content (AvgIpc) is 3.00. The van der Waals surface area contributed by atoms with E-state index in [-0.39, 0.29) is 5.91 Å². The van der Waals surface area contributed by atoms with E-state index < -0.39 is 41.7 Å². The van der Waals surface area contributed by atoms with Gasteiger partial charge in [0.2, 0.25) is 11.8 Å². The molecule has 26 heavy (non-hydrogen) atoms. The van der Waals surface area contributed by atoms with Gasteiger partial charge in [0.1, 0.15) is 23.7 Å². The molecule has 0 radical (unpaired) electrons. The van der Waals surface area contributed by atoms with E-state index in [0.29, 0.717) is 19.4 Å². The number of carboxylic acids is 1. The zero-order valence-corrected chi connectivity index (χ0v) is 16.2. The number of rotatable bonds is 5. The molecule has 0 aliphatic carbocycles. The summed E-state index contributed by atoms with van der Waals surface area (Å²) in [6.45, 7) is 8.51. The quantitative estimate of drug-likeness (QED) is 0.739. The van der Waals surface area contributed by atoms with E-state index in [9.17, 15) is 19.2 Å². The van der Waals surface area contributed by atoms with Crippen LogP contribution in [0.5, 0.6) is 0 Å². The van der Waals surface area contributed by atoms with E-state index in [1.165, 1.54) is 30.7 Å². The molecule has 1 aliphatic heterocycles. The summed E-state index contributed by atoms with van der Waals surface area (Å²) in [5, 5.41) is 11.2. The molecule has 9 nitrogen and oxygen atoms in total. The Morgan fingerprint density at radius 1 is 1.23 bits per heavy atom. The molecule has 3 atom stereocenters. The van der Waals surface area contributed by atoms with E-state index in [4.69, 9.17) is 9.84 Å². The number of nitrogens with zero attached hydrogens (tertiary/aromatic N) is 2. The summed E-state index contributed by atoms with van der Waals surface area (Å²) in [7, 11) is 1.46. The third kappa shape index (κ3) is 5.60. The molecule has 0 spiro atoms. The van der Waals surface area contributed by atoms with Crippen LogP contribution < -0.4 is 5.32 Å². The van der Waals surface area contributed by atoms with Crippen molar-refractivity contribution in [3.05, 3.63) is 0 Å². The number of aliphatic carboxylic acids is 1. The first-order chi connectivity index (χ1) is 11.8. The Labute approximate surface area is 153 Å². The van der Waals surface area contributed by atoms with Gasteiger partial charge in [-0.25, -0.2) is 4.79 Å². The highest BCUT2D eigenvalue weighted by molar-refractivity contribution is 5.92. The third-order valence-electron chi connectivity index (χ3n) is 4.20. The van der Waals surface area contributed by atoms with Gasteiger partial charge in [-0.3, -0.25) is 19.3 Å². The molecule has 1 aliphatic rings. The second-order valence-corrected chi connectivity index (χ2v) is 7.53. The summed E-state index contributed by atoms with van der Waals surface area (Å²) in [6.07, 6.45) is 0.598. The fourth-order valence-electron chi connectivity index (χ4n) is 2.56. The minimum absolute atomic E-state index is 0.376. The van der Waals surface area contributed by atoms with Gasteiger partial charge < -0.3 is 20.1 Å². The van der Waals surface area contributed by atoms with Gasteiger partial charge >= 0.3 is 12.1 Å². The van der Waals surface area contributed by atoms with Crippen molar-refractivity contribution in [1.29, 1.82) is 0 Å². The maximum atomic E-state index is 12.8. The summed E-state index contributed by atoms with van der Waals surface area (Å²) >= 11 is 0. The molecule has 0 bridgehead atoms. The van der Waals surface area contributed by atoms with Crippen LogP contribution in [0.3, 0.4) is 0 Å². The normalized spacial score (nSPS) is 19.5. The Bertz CT molecular complexity index is 571. The maximum absolute atomic E-state index is 12.8. The highest BCUT2D eigenvalue weighted by atomic mass is 16.6. The van der Waals surface area contributed by atoms with E-state index in [0.717, 1.165) is 0 Å². The molecule has 1 rings (SSSR count). The number of likely N-dealkylation sites (N-methyl/N-ethyl adjacent to an activating group) is 1. The van der Waals surface area contributed by atoms with Gasteiger partial charge in [0.15, 0.2) is 0 Å². The van der Waals surface area contributed by atoms with Crippen LogP contribution in [0.1, 0.15) is 47.5 Å². The van der Waals surface area contributed by atoms with Crippen LogP contribution in [0.4, 0.5) is 4.79 Å². The first kappa shape index (κ1) is 21.7. The fraction of sp³-hybridized carbons (Fsp3) is 0.765. The Morgan fingerprint density at radius 3 is 2.31 bits per heavy atom. The molecule has 2 N–H and O–H groups in total. The van der Waals surface area contributed by atoms with Crippen molar-refractivity contribution in [2.24, 2.45) is 0 Å². The van der Waals surface area contributed by atoms with Crippen molar-refractivity contribution in [2.75, 3.05) is 13.6 Å². The second-order valence-electron chi connectivity index (χ2n) is 7.53. The first-order valence-electron chi connectivity index (χ1n) is 8.64. The smallest absolute Gasteiger partial charge is 0.410 e. The number of ether oxygens (including phenoxy) is 1. The van der Waals surface area contributed by atoms with E-state index in [1.54, 1.807) is 20.8 Å². The topological polar surface area (TPSA) is 116 Å². The van der Waals surface area contributed by atoms with Gasteiger partial charge in [-0.05, 0) is 47.5 Å². The maximum Gasteiger partial charge on any atom is 0.410 e. The molecule has 1 fully saturated rings. The molecule has 0 aromatic rings. The predicted molar refractivity (Wildman–Crippen MR) is 93.4 cm³/mol. The number of carbonyl (C=O) groups excluding carboxylic acids is 3. The number of hydrogen-bond acceptors (Lipinski definition) is 5. The molecule has 0 aromatic heterocycles. The monoisotopic (exact) mass is 371 g/mol. The third-order valence-corrected chi connectivity index (χ3v) is 4.20. The number of hydrogen-bond donors (Lipinski definition) is 2. The Balaban J connectivity index is 2.78. The van der Waals surface area contributed by atoms with Crippen LogP contribution >= 0.6 is 0 Å². The van der Waals surface area contributed by atoms with Gasteiger partial charge in [0.25, 0.3) is 0 Å². The van der Waals surface area contributed by atoms with Gasteiger partial charge in [-0.2, -0.15) is 0 Å². The SMILES string of the molecule is C[C@H](NC(=O)[C@H](C)N(C)C(=O)[C@@H]1CCCN1C(=O)OC(C)(C)C)C(=O)O. The van der Waals surface area contributed by atoms with E-state index in [2.05, 4.69) is 5.32 Å². The van der Waals surface area contributed by atoms with Crippen molar-refractivity contribution in [3.63, 3.8) is 0 Å². The zero-order valence-electron chi connectivity index (χ0n) is 16.2. The number of amides is 3. The molecule has 148 valence electrons. The highest BCUT2D eigenvalue weighted by Crippen LogP contribution is 2.22. The minimum Gasteiger partial charge on any atom is -0.480 e. The van der Waals surface area contributed by atoms with Crippen molar-refractivity contribution in [3.8, 4) is 0 Å². The second kappa shape index (κ2) is 8.37. The predicted octanol–water partition coefficient (Wildman–Crippen LogP) is 0.822. The molecular formula is C17H29N3O6. The number of carbonyl (C=O) groups is 4. The van der Waals surface area contributed by atoms with Crippen LogP contribution in [0.2, 0.25) is 0 Å². The molecule has 9 heteroatoms. The summed E-state index contributed by atoms with van der Waals surface area (Å²) in [4.78, 5) is 50.7. The summed E-state index contributed by atoms with van der Waals surface area (Å²) in [6, 6.07) is -2.62. The van der Waals surface area contributed by atoms with Gasteiger partial charge in [0.05, 0.1) is 0 Å². The Kier molecular flexibility index (Phi) is 7.00. The molecule has 0 saturated carbocycles. The van der Waals surface area contributed by atoms with Crippen molar-refractivity contribution in [2.45, 2.75) is 71.2 Å². The average molecular weight is 371 g/mol. The zero-order chi connectivity index (χ0) is 20.2. The van der Waals surface area contributed by atoms with Crippen LogP contribution in [0.25, 0.3) is 0 Å². The highest BCUT2D eigenvalue weighted by Gasteiger charge is 2.39. The van der Waals surface area contributed by atoms with Crippen LogP contribution in [-0.4, -0.2) is 76.1 Å². The van der Waals surface area contributed by atoms with Crippen molar-refractivity contribution < 1.29 is 29.0 Å². The van der Waals surface area contributed by atoms with E-state index in [1.807, 2.05) is 0 Å². The van der Waals surface area contributed by atoms with Gasteiger partial charge in [-0.15, -0.1) is 0 Å².